The Hall–Kier alpha value is 0.390. The number of carboxylic acid groups (broad SMARTS) is 1. The fourth-order valence-corrected chi connectivity index (χ4v) is 1.81. The van der Waals surface area contributed by atoms with Gasteiger partial charge in [0.2, 0.25) is 0 Å². The number of aliphatic hydroxyl groups is 2. The van der Waals surface area contributed by atoms with Gasteiger partial charge in [0.25, 0.3) is 0 Å². The molecule has 1 atom stereocenters. The fraction of sp³-hybridized carbons (Fsp3) is 0.923. The largest absolute Gasteiger partial charge is 1.00 e. The Morgan fingerprint density at radius 1 is 0.889 bits per heavy atom. The van der Waals surface area contributed by atoms with Crippen molar-refractivity contribution in [1.82, 2.24) is 0 Å². The van der Waals surface area contributed by atoms with Gasteiger partial charge in [-0.05, 0) is 12.8 Å². The SMILES string of the molecule is O=C(O)C(O)CCCCCCCCCCCO.[H-].[Na+]. The Bertz CT molecular complexity index is 193. The van der Waals surface area contributed by atoms with Crippen LogP contribution in [0, 0.1) is 0 Å². The summed E-state index contributed by atoms with van der Waals surface area (Å²) in [6.45, 7) is 0.298. The van der Waals surface area contributed by atoms with Crippen molar-refractivity contribution < 1.29 is 51.1 Å². The number of aliphatic carboxylic acids is 1. The summed E-state index contributed by atoms with van der Waals surface area (Å²) >= 11 is 0. The normalized spacial score (nSPS) is 11.9. The van der Waals surface area contributed by atoms with Crippen LogP contribution >= 0.6 is 0 Å². The maximum atomic E-state index is 10.3. The number of unbranched alkanes of at least 4 members (excludes halogenated alkanes) is 8. The molecule has 0 aliphatic rings. The summed E-state index contributed by atoms with van der Waals surface area (Å²) in [5.74, 6) is -1.12. The third kappa shape index (κ3) is 14.5. The van der Waals surface area contributed by atoms with E-state index in [-0.39, 0.29) is 31.0 Å². The van der Waals surface area contributed by atoms with Gasteiger partial charge in [-0.3, -0.25) is 0 Å². The molecule has 0 aliphatic heterocycles. The smallest absolute Gasteiger partial charge is 1.00 e. The summed E-state index contributed by atoms with van der Waals surface area (Å²) in [5.41, 5.74) is 0. The van der Waals surface area contributed by atoms with Crippen LogP contribution in [0.1, 0.15) is 65.6 Å². The monoisotopic (exact) mass is 270 g/mol. The first-order valence-corrected chi connectivity index (χ1v) is 6.70. The molecule has 0 saturated heterocycles. The van der Waals surface area contributed by atoms with Gasteiger partial charge < -0.3 is 16.7 Å². The van der Waals surface area contributed by atoms with Gasteiger partial charge in [-0.2, -0.15) is 0 Å². The van der Waals surface area contributed by atoms with Crippen molar-refractivity contribution in [3.63, 3.8) is 0 Å². The number of carbonyl (C=O) groups is 1. The van der Waals surface area contributed by atoms with E-state index in [1.54, 1.807) is 0 Å². The number of carboxylic acids is 1. The molecule has 0 aromatic carbocycles. The van der Waals surface area contributed by atoms with Gasteiger partial charge in [0, 0.05) is 6.61 Å². The Morgan fingerprint density at radius 3 is 1.67 bits per heavy atom. The molecule has 0 radical (unpaired) electrons. The van der Waals surface area contributed by atoms with Crippen LogP contribution in [0.15, 0.2) is 0 Å². The third-order valence-corrected chi connectivity index (χ3v) is 2.92. The van der Waals surface area contributed by atoms with Crippen molar-refractivity contribution >= 4 is 5.97 Å². The van der Waals surface area contributed by atoms with E-state index in [2.05, 4.69) is 0 Å². The molecule has 4 nitrogen and oxygen atoms in total. The van der Waals surface area contributed by atoms with E-state index in [1.165, 1.54) is 25.7 Å². The van der Waals surface area contributed by atoms with Crippen LogP contribution in [0.3, 0.4) is 0 Å². The Labute approximate surface area is 134 Å². The zero-order valence-corrected chi connectivity index (χ0v) is 13.6. The Balaban J connectivity index is -0.00000128. The second-order valence-electron chi connectivity index (χ2n) is 4.55. The molecule has 104 valence electrons. The molecule has 0 heterocycles. The first-order chi connectivity index (χ1) is 8.18. The van der Waals surface area contributed by atoms with Crippen LogP contribution in [0.25, 0.3) is 0 Å². The van der Waals surface area contributed by atoms with E-state index >= 15 is 0 Å². The Morgan fingerprint density at radius 2 is 1.28 bits per heavy atom. The summed E-state index contributed by atoms with van der Waals surface area (Å²) in [4.78, 5) is 10.3. The van der Waals surface area contributed by atoms with Crippen LogP contribution in [0.2, 0.25) is 0 Å². The minimum Gasteiger partial charge on any atom is -1.00 e. The zero-order chi connectivity index (χ0) is 12.9. The number of rotatable bonds is 12. The summed E-state index contributed by atoms with van der Waals surface area (Å²) in [7, 11) is 0. The van der Waals surface area contributed by atoms with Gasteiger partial charge in [-0.25, -0.2) is 4.79 Å². The molecule has 1 unspecified atom stereocenters. The maximum absolute atomic E-state index is 10.3. The van der Waals surface area contributed by atoms with Crippen LogP contribution in [0.4, 0.5) is 0 Å². The van der Waals surface area contributed by atoms with Gasteiger partial charge in [0.1, 0.15) is 0 Å². The second-order valence-corrected chi connectivity index (χ2v) is 4.55. The number of hydrogen-bond acceptors (Lipinski definition) is 3. The first kappa shape index (κ1) is 20.7. The van der Waals surface area contributed by atoms with E-state index in [9.17, 15) is 4.79 Å². The fourth-order valence-electron chi connectivity index (χ4n) is 1.81. The van der Waals surface area contributed by atoms with Crippen molar-refractivity contribution in [3.8, 4) is 0 Å². The topological polar surface area (TPSA) is 77.8 Å². The Kier molecular flexibility index (Phi) is 17.8. The van der Waals surface area contributed by atoms with Crippen LogP contribution in [-0.2, 0) is 4.79 Å². The molecule has 0 spiro atoms. The third-order valence-electron chi connectivity index (χ3n) is 2.92. The molecule has 0 bridgehead atoms. The van der Waals surface area contributed by atoms with E-state index in [4.69, 9.17) is 15.3 Å². The van der Waals surface area contributed by atoms with Crippen molar-refractivity contribution in [2.24, 2.45) is 0 Å². The number of aliphatic hydroxyl groups excluding tert-OH is 2. The standard InChI is InChI=1S/C13H26O4.Na.H/c14-11-9-7-5-3-1-2-4-6-8-10-12(15)13(16)17;;/h12,14-15H,1-11H2,(H,16,17);;/q;+1;-1. The molecule has 0 aromatic rings. The van der Waals surface area contributed by atoms with Gasteiger partial charge in [-0.1, -0.05) is 51.4 Å². The van der Waals surface area contributed by atoms with Crippen molar-refractivity contribution in [1.29, 1.82) is 0 Å². The van der Waals surface area contributed by atoms with Gasteiger partial charge in [0.15, 0.2) is 6.10 Å². The molecule has 0 aromatic heterocycles. The zero-order valence-electron chi connectivity index (χ0n) is 12.6. The van der Waals surface area contributed by atoms with Crippen LogP contribution in [-0.4, -0.2) is 34.0 Å². The van der Waals surface area contributed by atoms with E-state index < -0.39 is 12.1 Å². The quantitative estimate of drug-likeness (QED) is 0.328. The van der Waals surface area contributed by atoms with Gasteiger partial charge in [0.05, 0.1) is 0 Å². The molecule has 18 heavy (non-hydrogen) atoms. The van der Waals surface area contributed by atoms with Crippen LogP contribution in [0.5, 0.6) is 0 Å². The maximum Gasteiger partial charge on any atom is 1.00 e. The second kappa shape index (κ2) is 15.4. The van der Waals surface area contributed by atoms with E-state index in [1.807, 2.05) is 0 Å². The van der Waals surface area contributed by atoms with Crippen molar-refractivity contribution in [2.45, 2.75) is 70.3 Å². The molecule has 0 saturated carbocycles. The number of hydrogen-bond donors (Lipinski definition) is 3. The van der Waals surface area contributed by atoms with E-state index in [0.717, 1.165) is 32.1 Å². The van der Waals surface area contributed by atoms with E-state index in [0.29, 0.717) is 13.0 Å². The first-order valence-electron chi connectivity index (χ1n) is 6.70. The predicted molar refractivity (Wildman–Crippen MR) is 68.0 cm³/mol. The average molecular weight is 270 g/mol. The summed E-state index contributed by atoms with van der Waals surface area (Å²) in [6, 6.07) is 0. The molecule has 0 amide bonds. The minimum atomic E-state index is -1.19. The molecular formula is C13H27NaO4. The van der Waals surface area contributed by atoms with Crippen LogP contribution < -0.4 is 29.6 Å². The molecule has 0 fully saturated rings. The average Bonchev–Trinajstić information content (AvgIpc) is 2.31. The summed E-state index contributed by atoms with van der Waals surface area (Å²) in [6.07, 6.45) is 8.92. The molecule has 3 N–H and O–H groups in total. The minimum absolute atomic E-state index is 0. The predicted octanol–water partition coefficient (Wildman–Crippen LogP) is -0.558. The molecule has 0 rings (SSSR count). The summed E-state index contributed by atoms with van der Waals surface area (Å²) < 4.78 is 0. The van der Waals surface area contributed by atoms with Crippen molar-refractivity contribution in [3.05, 3.63) is 0 Å². The van der Waals surface area contributed by atoms with Gasteiger partial charge in [-0.15, -0.1) is 0 Å². The molecular weight excluding hydrogens is 243 g/mol. The van der Waals surface area contributed by atoms with Crippen molar-refractivity contribution in [2.75, 3.05) is 6.61 Å². The molecule has 0 aliphatic carbocycles. The summed E-state index contributed by atoms with van der Waals surface area (Å²) in [5, 5.41) is 26.1. The molecule has 5 heteroatoms. The van der Waals surface area contributed by atoms with Gasteiger partial charge >= 0.3 is 35.5 Å².